The number of carbonyl (C=O) groups is 1. The van der Waals surface area contributed by atoms with Gasteiger partial charge in [0, 0.05) is 32.9 Å². The Bertz CT molecular complexity index is 395. The molecule has 0 spiro atoms. The van der Waals surface area contributed by atoms with Crippen LogP contribution in [0.25, 0.3) is 0 Å². The van der Waals surface area contributed by atoms with Crippen molar-refractivity contribution in [2.24, 2.45) is 0 Å². The molecule has 2 heterocycles. The molecule has 1 aromatic heterocycles. The van der Waals surface area contributed by atoms with Crippen LogP contribution in [0.3, 0.4) is 0 Å². The zero-order valence-electron chi connectivity index (χ0n) is 11.0. The SMILES string of the molecule is CN1CCNC(C(=O)N(C)Cc2ccccn2)C1. The zero-order chi connectivity index (χ0) is 13.0. The van der Waals surface area contributed by atoms with Crippen LogP contribution in [0.5, 0.6) is 0 Å². The predicted molar refractivity (Wildman–Crippen MR) is 70.0 cm³/mol. The number of nitrogens with one attached hydrogen (secondary N) is 1. The quantitative estimate of drug-likeness (QED) is 0.814. The largest absolute Gasteiger partial charge is 0.338 e. The molecule has 18 heavy (non-hydrogen) atoms. The van der Waals surface area contributed by atoms with Crippen LogP contribution in [0.4, 0.5) is 0 Å². The van der Waals surface area contributed by atoms with Crippen molar-refractivity contribution in [3.05, 3.63) is 30.1 Å². The minimum atomic E-state index is -0.0996. The van der Waals surface area contributed by atoms with Crippen molar-refractivity contribution in [2.45, 2.75) is 12.6 Å². The molecule has 0 aromatic carbocycles. The van der Waals surface area contributed by atoms with Crippen molar-refractivity contribution in [3.8, 4) is 0 Å². The van der Waals surface area contributed by atoms with Gasteiger partial charge in [-0.1, -0.05) is 6.07 Å². The topological polar surface area (TPSA) is 48.5 Å². The predicted octanol–water partition coefficient (Wildman–Crippen LogP) is -0.0564. The van der Waals surface area contributed by atoms with Gasteiger partial charge in [0.05, 0.1) is 18.3 Å². The fourth-order valence-electron chi connectivity index (χ4n) is 2.14. The number of hydrogen-bond acceptors (Lipinski definition) is 4. The maximum absolute atomic E-state index is 12.3. The minimum absolute atomic E-state index is 0.0996. The highest BCUT2D eigenvalue weighted by Gasteiger charge is 2.25. The Hall–Kier alpha value is -1.46. The molecule has 1 unspecified atom stereocenters. The highest BCUT2D eigenvalue weighted by atomic mass is 16.2. The third kappa shape index (κ3) is 3.27. The van der Waals surface area contributed by atoms with Gasteiger partial charge in [0.15, 0.2) is 0 Å². The summed E-state index contributed by atoms with van der Waals surface area (Å²) in [6.45, 7) is 3.19. The molecule has 0 radical (unpaired) electrons. The van der Waals surface area contributed by atoms with E-state index in [0.717, 1.165) is 25.3 Å². The van der Waals surface area contributed by atoms with Crippen LogP contribution in [-0.2, 0) is 11.3 Å². The molecule has 1 fully saturated rings. The van der Waals surface area contributed by atoms with Gasteiger partial charge >= 0.3 is 0 Å². The molecule has 1 atom stereocenters. The Morgan fingerprint density at radius 1 is 1.61 bits per heavy atom. The fraction of sp³-hybridized carbons (Fsp3) is 0.538. The molecule has 1 saturated heterocycles. The highest BCUT2D eigenvalue weighted by Crippen LogP contribution is 2.04. The van der Waals surface area contributed by atoms with Crippen LogP contribution < -0.4 is 5.32 Å². The summed E-state index contributed by atoms with van der Waals surface area (Å²) < 4.78 is 0. The summed E-state index contributed by atoms with van der Waals surface area (Å²) in [5, 5.41) is 3.26. The molecule has 98 valence electrons. The maximum Gasteiger partial charge on any atom is 0.241 e. The van der Waals surface area contributed by atoms with E-state index in [4.69, 9.17) is 0 Å². The summed E-state index contributed by atoms with van der Waals surface area (Å²) in [6, 6.07) is 5.65. The van der Waals surface area contributed by atoms with E-state index in [1.54, 1.807) is 11.1 Å². The van der Waals surface area contributed by atoms with E-state index in [2.05, 4.69) is 15.2 Å². The van der Waals surface area contributed by atoms with Gasteiger partial charge in [-0.3, -0.25) is 9.78 Å². The smallest absolute Gasteiger partial charge is 0.241 e. The molecule has 1 N–H and O–H groups in total. The second-order valence-electron chi connectivity index (χ2n) is 4.78. The Balaban J connectivity index is 1.92. The summed E-state index contributed by atoms with van der Waals surface area (Å²) in [6.07, 6.45) is 1.75. The van der Waals surface area contributed by atoms with Crippen LogP contribution in [0.15, 0.2) is 24.4 Å². The van der Waals surface area contributed by atoms with Crippen LogP contribution >= 0.6 is 0 Å². The average Bonchev–Trinajstić information content (AvgIpc) is 2.39. The number of hydrogen-bond donors (Lipinski definition) is 1. The Morgan fingerprint density at radius 2 is 2.44 bits per heavy atom. The summed E-state index contributed by atoms with van der Waals surface area (Å²) in [4.78, 5) is 20.4. The first-order valence-corrected chi connectivity index (χ1v) is 6.23. The number of carbonyl (C=O) groups excluding carboxylic acids is 1. The zero-order valence-corrected chi connectivity index (χ0v) is 11.0. The first kappa shape index (κ1) is 13.0. The Labute approximate surface area is 108 Å². The fourth-order valence-corrected chi connectivity index (χ4v) is 2.14. The number of likely N-dealkylation sites (N-methyl/N-ethyl adjacent to an activating group) is 2. The molecule has 1 amide bonds. The third-order valence-electron chi connectivity index (χ3n) is 3.18. The molecule has 5 heteroatoms. The van der Waals surface area contributed by atoms with Gasteiger partial charge in [0.2, 0.25) is 5.91 Å². The average molecular weight is 248 g/mol. The molecule has 0 saturated carbocycles. The van der Waals surface area contributed by atoms with Gasteiger partial charge in [-0.2, -0.15) is 0 Å². The van der Waals surface area contributed by atoms with Crippen molar-refractivity contribution >= 4 is 5.91 Å². The van der Waals surface area contributed by atoms with Crippen molar-refractivity contribution in [3.63, 3.8) is 0 Å². The Morgan fingerprint density at radius 3 is 3.11 bits per heavy atom. The molecule has 0 aliphatic carbocycles. The second-order valence-corrected chi connectivity index (χ2v) is 4.78. The lowest BCUT2D eigenvalue weighted by atomic mass is 10.2. The van der Waals surface area contributed by atoms with Gasteiger partial charge in [-0.25, -0.2) is 0 Å². The Kier molecular flexibility index (Phi) is 4.28. The number of rotatable bonds is 3. The van der Waals surface area contributed by atoms with Crippen LogP contribution in [0.1, 0.15) is 5.69 Å². The van der Waals surface area contributed by atoms with Gasteiger partial charge in [0.1, 0.15) is 0 Å². The van der Waals surface area contributed by atoms with Crippen molar-refractivity contribution in [2.75, 3.05) is 33.7 Å². The monoisotopic (exact) mass is 248 g/mol. The molecule has 5 nitrogen and oxygen atoms in total. The van der Waals surface area contributed by atoms with Crippen molar-refractivity contribution in [1.29, 1.82) is 0 Å². The van der Waals surface area contributed by atoms with E-state index in [-0.39, 0.29) is 11.9 Å². The van der Waals surface area contributed by atoms with Crippen LogP contribution in [0.2, 0.25) is 0 Å². The van der Waals surface area contributed by atoms with Crippen LogP contribution in [0, 0.1) is 0 Å². The maximum atomic E-state index is 12.3. The van der Waals surface area contributed by atoms with E-state index in [1.807, 2.05) is 32.3 Å². The lowest BCUT2D eigenvalue weighted by Gasteiger charge is -2.32. The molecule has 1 aliphatic rings. The summed E-state index contributed by atoms with van der Waals surface area (Å²) in [5.41, 5.74) is 0.914. The lowest BCUT2D eigenvalue weighted by Crippen LogP contribution is -2.56. The van der Waals surface area contributed by atoms with E-state index in [9.17, 15) is 4.79 Å². The van der Waals surface area contributed by atoms with E-state index in [1.165, 1.54) is 0 Å². The number of amides is 1. The second kappa shape index (κ2) is 5.93. The van der Waals surface area contributed by atoms with Crippen molar-refractivity contribution in [1.82, 2.24) is 20.1 Å². The third-order valence-corrected chi connectivity index (χ3v) is 3.18. The summed E-state index contributed by atoms with van der Waals surface area (Å²) >= 11 is 0. The highest BCUT2D eigenvalue weighted by molar-refractivity contribution is 5.82. The summed E-state index contributed by atoms with van der Waals surface area (Å²) in [7, 11) is 3.87. The van der Waals surface area contributed by atoms with Gasteiger partial charge in [-0.05, 0) is 19.2 Å². The molecular formula is C13H20N4O. The van der Waals surface area contributed by atoms with Crippen LogP contribution in [-0.4, -0.2) is 60.5 Å². The number of piperazine rings is 1. The first-order valence-electron chi connectivity index (χ1n) is 6.23. The lowest BCUT2D eigenvalue weighted by molar-refractivity contribution is -0.133. The van der Waals surface area contributed by atoms with E-state index in [0.29, 0.717) is 6.54 Å². The molecular weight excluding hydrogens is 228 g/mol. The number of aromatic nitrogens is 1. The first-order chi connectivity index (χ1) is 8.66. The molecule has 0 bridgehead atoms. The van der Waals surface area contributed by atoms with Gasteiger partial charge in [0.25, 0.3) is 0 Å². The summed E-state index contributed by atoms with van der Waals surface area (Å²) in [5.74, 6) is 0.132. The minimum Gasteiger partial charge on any atom is -0.338 e. The normalized spacial score (nSPS) is 20.7. The molecule has 1 aliphatic heterocycles. The number of nitrogens with zero attached hydrogens (tertiary/aromatic N) is 3. The number of pyridine rings is 1. The molecule has 1 aromatic rings. The van der Waals surface area contributed by atoms with E-state index < -0.39 is 0 Å². The van der Waals surface area contributed by atoms with E-state index >= 15 is 0 Å². The van der Waals surface area contributed by atoms with Crippen molar-refractivity contribution < 1.29 is 4.79 Å². The van der Waals surface area contributed by atoms with Gasteiger partial charge < -0.3 is 15.1 Å². The molecule has 2 rings (SSSR count). The van der Waals surface area contributed by atoms with Gasteiger partial charge in [-0.15, -0.1) is 0 Å². The standard InChI is InChI=1S/C13H20N4O/c1-16-8-7-15-12(10-16)13(18)17(2)9-11-5-3-4-6-14-11/h3-6,12,15H,7-10H2,1-2H3.